The van der Waals surface area contributed by atoms with Gasteiger partial charge >= 0.3 is 0 Å². The first-order chi connectivity index (χ1) is 11.2. The Morgan fingerprint density at radius 3 is 2.26 bits per heavy atom. The van der Waals surface area contributed by atoms with E-state index in [1.807, 2.05) is 48.5 Å². The lowest BCUT2D eigenvalue weighted by Gasteiger charge is -2.07. The Hall–Kier alpha value is -2.04. The van der Waals surface area contributed by atoms with Crippen molar-refractivity contribution in [2.24, 2.45) is 0 Å². The molecule has 0 bridgehead atoms. The molecule has 0 aromatic heterocycles. The van der Waals surface area contributed by atoms with Gasteiger partial charge in [0.1, 0.15) is 5.75 Å². The van der Waals surface area contributed by atoms with Crippen molar-refractivity contribution in [1.29, 1.82) is 0 Å². The molecule has 1 amide bonds. The molecule has 0 aliphatic rings. The van der Waals surface area contributed by atoms with Crippen LogP contribution >= 0.6 is 11.6 Å². The van der Waals surface area contributed by atoms with Gasteiger partial charge in [-0.1, -0.05) is 35.9 Å². The number of carbonyl (C=O) groups is 1. The van der Waals surface area contributed by atoms with Gasteiger partial charge in [0.25, 0.3) is 0 Å². The number of benzene rings is 2. The fourth-order valence-corrected chi connectivity index (χ4v) is 2.20. The minimum atomic E-state index is 0.0298. The fourth-order valence-electron chi connectivity index (χ4n) is 2.07. The van der Waals surface area contributed by atoms with Gasteiger partial charge in [0.05, 0.1) is 7.11 Å². The van der Waals surface area contributed by atoms with E-state index >= 15 is 0 Å². The SMILES string of the molecule is COc1ccc(CNCCC(=O)NCc2ccc(Cl)cc2)cc1. The van der Waals surface area contributed by atoms with Crippen molar-refractivity contribution in [3.63, 3.8) is 0 Å². The number of amides is 1. The van der Waals surface area contributed by atoms with Crippen molar-refractivity contribution in [1.82, 2.24) is 10.6 Å². The minimum Gasteiger partial charge on any atom is -0.497 e. The first kappa shape index (κ1) is 17.3. The lowest BCUT2D eigenvalue weighted by Crippen LogP contribution is -2.27. The Labute approximate surface area is 141 Å². The minimum absolute atomic E-state index is 0.0298. The molecule has 0 saturated heterocycles. The number of carbonyl (C=O) groups excluding carboxylic acids is 1. The zero-order valence-electron chi connectivity index (χ0n) is 13.1. The molecule has 0 radical (unpaired) electrons. The van der Waals surface area contributed by atoms with E-state index in [-0.39, 0.29) is 5.91 Å². The van der Waals surface area contributed by atoms with Crippen LogP contribution in [0.25, 0.3) is 0 Å². The van der Waals surface area contributed by atoms with E-state index in [1.165, 1.54) is 0 Å². The Kier molecular flexibility index (Phi) is 6.91. The van der Waals surface area contributed by atoms with Gasteiger partial charge in [-0.25, -0.2) is 0 Å². The molecular formula is C18H21ClN2O2. The van der Waals surface area contributed by atoms with E-state index in [0.717, 1.165) is 23.4 Å². The van der Waals surface area contributed by atoms with Gasteiger partial charge in [-0.05, 0) is 35.4 Å². The molecule has 0 saturated carbocycles. The first-order valence-electron chi connectivity index (χ1n) is 7.52. The third kappa shape index (κ3) is 6.30. The smallest absolute Gasteiger partial charge is 0.221 e. The Morgan fingerprint density at radius 2 is 1.61 bits per heavy atom. The van der Waals surface area contributed by atoms with Gasteiger partial charge in [-0.3, -0.25) is 4.79 Å². The number of halogens is 1. The summed E-state index contributed by atoms with van der Waals surface area (Å²) in [6, 6.07) is 15.3. The van der Waals surface area contributed by atoms with Crippen molar-refractivity contribution < 1.29 is 9.53 Å². The van der Waals surface area contributed by atoms with Crippen LogP contribution in [-0.4, -0.2) is 19.6 Å². The zero-order valence-corrected chi connectivity index (χ0v) is 13.9. The summed E-state index contributed by atoms with van der Waals surface area (Å²) in [6.45, 7) is 1.89. The lowest BCUT2D eigenvalue weighted by atomic mass is 10.2. The Balaban J connectivity index is 1.61. The average molecular weight is 333 g/mol. The molecule has 122 valence electrons. The number of rotatable bonds is 8. The first-order valence-corrected chi connectivity index (χ1v) is 7.90. The maximum absolute atomic E-state index is 11.8. The van der Waals surface area contributed by atoms with Gasteiger partial charge in [-0.15, -0.1) is 0 Å². The predicted molar refractivity (Wildman–Crippen MR) is 92.6 cm³/mol. The average Bonchev–Trinajstić information content (AvgIpc) is 2.59. The molecule has 0 spiro atoms. The molecule has 0 fully saturated rings. The van der Waals surface area contributed by atoms with Gasteiger partial charge < -0.3 is 15.4 Å². The Bertz CT molecular complexity index is 612. The summed E-state index contributed by atoms with van der Waals surface area (Å²) in [6.07, 6.45) is 0.448. The summed E-state index contributed by atoms with van der Waals surface area (Å²) in [7, 11) is 1.65. The highest BCUT2D eigenvalue weighted by atomic mass is 35.5. The highest BCUT2D eigenvalue weighted by molar-refractivity contribution is 6.30. The molecule has 2 aromatic carbocycles. The number of hydrogen-bond acceptors (Lipinski definition) is 3. The normalized spacial score (nSPS) is 10.3. The van der Waals surface area contributed by atoms with Crippen LogP contribution in [0, 0.1) is 0 Å². The molecular weight excluding hydrogens is 312 g/mol. The van der Waals surface area contributed by atoms with E-state index in [1.54, 1.807) is 7.11 Å². The van der Waals surface area contributed by atoms with E-state index < -0.39 is 0 Å². The number of hydrogen-bond donors (Lipinski definition) is 2. The molecule has 5 heteroatoms. The molecule has 4 nitrogen and oxygen atoms in total. The van der Waals surface area contributed by atoms with E-state index in [4.69, 9.17) is 16.3 Å². The standard InChI is InChI=1S/C18H21ClN2O2/c1-23-17-8-4-14(5-9-17)12-20-11-10-18(22)21-13-15-2-6-16(19)7-3-15/h2-9,20H,10-13H2,1H3,(H,21,22). The molecule has 2 N–H and O–H groups in total. The number of methoxy groups -OCH3 is 1. The molecule has 0 unspecified atom stereocenters. The van der Waals surface area contributed by atoms with Crippen LogP contribution in [0.3, 0.4) is 0 Å². The van der Waals surface area contributed by atoms with Gasteiger partial charge in [-0.2, -0.15) is 0 Å². The van der Waals surface area contributed by atoms with Crippen LogP contribution in [0.1, 0.15) is 17.5 Å². The molecule has 2 aromatic rings. The highest BCUT2D eigenvalue weighted by Crippen LogP contribution is 2.11. The Morgan fingerprint density at radius 1 is 1.00 bits per heavy atom. The third-order valence-corrected chi connectivity index (χ3v) is 3.67. The van der Waals surface area contributed by atoms with Crippen molar-refractivity contribution >= 4 is 17.5 Å². The second kappa shape index (κ2) is 9.18. The molecule has 2 rings (SSSR count). The summed E-state index contributed by atoms with van der Waals surface area (Å²) in [4.78, 5) is 11.8. The summed E-state index contributed by atoms with van der Waals surface area (Å²) in [5.41, 5.74) is 2.20. The second-order valence-electron chi connectivity index (χ2n) is 5.18. The summed E-state index contributed by atoms with van der Waals surface area (Å²) in [5, 5.41) is 6.85. The predicted octanol–water partition coefficient (Wildman–Crippen LogP) is 3.14. The second-order valence-corrected chi connectivity index (χ2v) is 5.61. The molecule has 0 aliphatic heterocycles. The van der Waals surface area contributed by atoms with E-state index in [0.29, 0.717) is 24.5 Å². The topological polar surface area (TPSA) is 50.4 Å². The molecule has 23 heavy (non-hydrogen) atoms. The van der Waals surface area contributed by atoms with Crippen LogP contribution < -0.4 is 15.4 Å². The zero-order chi connectivity index (χ0) is 16.5. The summed E-state index contributed by atoms with van der Waals surface area (Å²) in [5.74, 6) is 0.873. The number of ether oxygens (including phenoxy) is 1. The highest BCUT2D eigenvalue weighted by Gasteiger charge is 2.01. The van der Waals surface area contributed by atoms with Crippen molar-refractivity contribution in [2.75, 3.05) is 13.7 Å². The van der Waals surface area contributed by atoms with Crippen LogP contribution in [0.2, 0.25) is 5.02 Å². The monoisotopic (exact) mass is 332 g/mol. The van der Waals surface area contributed by atoms with Gasteiger partial charge in [0.2, 0.25) is 5.91 Å². The van der Waals surface area contributed by atoms with Crippen LogP contribution in [0.15, 0.2) is 48.5 Å². The van der Waals surface area contributed by atoms with Crippen LogP contribution in [-0.2, 0) is 17.9 Å². The van der Waals surface area contributed by atoms with Gasteiger partial charge in [0, 0.05) is 31.1 Å². The summed E-state index contributed by atoms with van der Waals surface area (Å²) >= 11 is 5.82. The van der Waals surface area contributed by atoms with Crippen molar-refractivity contribution in [3.8, 4) is 5.75 Å². The van der Waals surface area contributed by atoms with E-state index in [2.05, 4.69) is 10.6 Å². The van der Waals surface area contributed by atoms with Crippen LogP contribution in [0.5, 0.6) is 5.75 Å². The van der Waals surface area contributed by atoms with Crippen LogP contribution in [0.4, 0.5) is 0 Å². The fraction of sp³-hybridized carbons (Fsp3) is 0.278. The maximum atomic E-state index is 11.8. The van der Waals surface area contributed by atoms with Gasteiger partial charge in [0.15, 0.2) is 0 Å². The van der Waals surface area contributed by atoms with Crippen molar-refractivity contribution in [3.05, 3.63) is 64.7 Å². The third-order valence-electron chi connectivity index (χ3n) is 3.42. The number of nitrogens with one attached hydrogen (secondary N) is 2. The molecule has 0 atom stereocenters. The molecule has 0 heterocycles. The quantitative estimate of drug-likeness (QED) is 0.730. The van der Waals surface area contributed by atoms with Crippen molar-refractivity contribution in [2.45, 2.75) is 19.5 Å². The van der Waals surface area contributed by atoms with E-state index in [9.17, 15) is 4.79 Å². The summed E-state index contributed by atoms with van der Waals surface area (Å²) < 4.78 is 5.12. The maximum Gasteiger partial charge on any atom is 0.221 e. The largest absolute Gasteiger partial charge is 0.497 e. The lowest BCUT2D eigenvalue weighted by molar-refractivity contribution is -0.121. The molecule has 0 aliphatic carbocycles.